The number of hydrogen-bond acceptors (Lipinski definition) is 5. The predicted octanol–water partition coefficient (Wildman–Crippen LogP) is 2.12. The Kier molecular flexibility index (Phi) is 6.68. The zero-order valence-electron chi connectivity index (χ0n) is 12.5. The van der Waals surface area contributed by atoms with Crippen molar-refractivity contribution in [1.82, 2.24) is 0 Å². The van der Waals surface area contributed by atoms with Gasteiger partial charge in [-0.05, 0) is 18.8 Å². The van der Waals surface area contributed by atoms with Gasteiger partial charge in [0, 0.05) is 12.3 Å². The van der Waals surface area contributed by atoms with Gasteiger partial charge in [-0.1, -0.05) is 26.2 Å². The van der Waals surface area contributed by atoms with Crippen molar-refractivity contribution in [2.75, 3.05) is 14.2 Å². The fraction of sp³-hybridized carbons (Fsp3) is 0.800. The van der Waals surface area contributed by atoms with Crippen molar-refractivity contribution in [3.8, 4) is 0 Å². The van der Waals surface area contributed by atoms with E-state index < -0.39 is 17.9 Å². The SMILES string of the molecule is CCCCC[C@@H]1C(=O)CC[C@H]1C(C(=O)OC)C(=O)OC. The van der Waals surface area contributed by atoms with Gasteiger partial charge in [-0.3, -0.25) is 14.4 Å². The minimum absolute atomic E-state index is 0.156. The molecule has 0 aromatic rings. The van der Waals surface area contributed by atoms with Crippen LogP contribution in [0.2, 0.25) is 0 Å². The van der Waals surface area contributed by atoms with Crippen LogP contribution in [0.3, 0.4) is 0 Å². The molecule has 1 saturated carbocycles. The van der Waals surface area contributed by atoms with Gasteiger partial charge >= 0.3 is 11.9 Å². The van der Waals surface area contributed by atoms with E-state index in [0.29, 0.717) is 12.8 Å². The van der Waals surface area contributed by atoms with Gasteiger partial charge in [0.2, 0.25) is 0 Å². The number of methoxy groups -OCH3 is 2. The molecule has 0 unspecified atom stereocenters. The molecule has 0 heterocycles. The molecule has 0 bridgehead atoms. The zero-order valence-corrected chi connectivity index (χ0v) is 12.5. The monoisotopic (exact) mass is 284 g/mol. The summed E-state index contributed by atoms with van der Waals surface area (Å²) in [5.41, 5.74) is 0. The van der Waals surface area contributed by atoms with Crippen molar-refractivity contribution in [1.29, 1.82) is 0 Å². The summed E-state index contributed by atoms with van der Waals surface area (Å²) in [7, 11) is 2.50. The number of unbranched alkanes of at least 4 members (excludes halogenated alkanes) is 2. The quantitative estimate of drug-likeness (QED) is 0.407. The second-order valence-corrected chi connectivity index (χ2v) is 5.30. The first-order valence-corrected chi connectivity index (χ1v) is 7.25. The minimum atomic E-state index is -0.969. The smallest absolute Gasteiger partial charge is 0.320 e. The number of hydrogen-bond donors (Lipinski definition) is 0. The highest BCUT2D eigenvalue weighted by Crippen LogP contribution is 2.38. The third kappa shape index (κ3) is 3.81. The van der Waals surface area contributed by atoms with Crippen molar-refractivity contribution in [3.05, 3.63) is 0 Å². The van der Waals surface area contributed by atoms with Crippen LogP contribution in [-0.2, 0) is 23.9 Å². The Morgan fingerprint density at radius 2 is 1.80 bits per heavy atom. The topological polar surface area (TPSA) is 69.7 Å². The summed E-state index contributed by atoms with van der Waals surface area (Å²) in [5, 5.41) is 0. The summed E-state index contributed by atoms with van der Waals surface area (Å²) in [5.74, 6) is -2.51. The molecule has 114 valence electrons. The van der Waals surface area contributed by atoms with Gasteiger partial charge in [-0.15, -0.1) is 0 Å². The van der Waals surface area contributed by atoms with Gasteiger partial charge in [0.25, 0.3) is 0 Å². The summed E-state index contributed by atoms with van der Waals surface area (Å²) >= 11 is 0. The first kappa shape index (κ1) is 16.7. The normalized spacial score (nSPS) is 22.1. The van der Waals surface area contributed by atoms with Gasteiger partial charge in [-0.25, -0.2) is 0 Å². The Labute approximate surface area is 120 Å². The molecule has 1 rings (SSSR count). The Balaban J connectivity index is 2.84. The maximum atomic E-state index is 12.0. The highest BCUT2D eigenvalue weighted by Gasteiger charge is 2.46. The molecule has 0 spiro atoms. The Morgan fingerprint density at radius 1 is 1.20 bits per heavy atom. The van der Waals surface area contributed by atoms with Crippen molar-refractivity contribution < 1.29 is 23.9 Å². The first-order chi connectivity index (χ1) is 9.56. The molecule has 0 N–H and O–H groups in total. The molecule has 20 heavy (non-hydrogen) atoms. The van der Waals surface area contributed by atoms with Crippen LogP contribution in [0, 0.1) is 17.8 Å². The average molecular weight is 284 g/mol. The van der Waals surface area contributed by atoms with Crippen molar-refractivity contribution >= 4 is 17.7 Å². The predicted molar refractivity (Wildman–Crippen MR) is 72.9 cm³/mol. The van der Waals surface area contributed by atoms with Crippen LogP contribution in [0.5, 0.6) is 0 Å². The molecule has 0 amide bonds. The molecule has 2 atom stereocenters. The lowest BCUT2D eigenvalue weighted by atomic mass is 9.81. The average Bonchev–Trinajstić information content (AvgIpc) is 2.80. The molecule has 1 fully saturated rings. The van der Waals surface area contributed by atoms with Crippen LogP contribution in [0.25, 0.3) is 0 Å². The highest BCUT2D eigenvalue weighted by molar-refractivity contribution is 5.97. The molecule has 0 aliphatic heterocycles. The molecule has 1 aliphatic rings. The number of Topliss-reactive ketones (excluding diaryl/α,β-unsaturated/α-hetero) is 1. The third-order valence-electron chi connectivity index (χ3n) is 4.11. The molecule has 5 nitrogen and oxygen atoms in total. The van der Waals surface area contributed by atoms with Crippen LogP contribution in [-0.4, -0.2) is 31.9 Å². The second kappa shape index (κ2) is 8.02. The molecule has 0 saturated heterocycles. The molecule has 5 heteroatoms. The number of esters is 2. The molecule has 1 aliphatic carbocycles. The van der Waals surface area contributed by atoms with Crippen LogP contribution in [0.4, 0.5) is 0 Å². The van der Waals surface area contributed by atoms with Crippen LogP contribution < -0.4 is 0 Å². The summed E-state index contributed by atoms with van der Waals surface area (Å²) in [4.78, 5) is 35.7. The second-order valence-electron chi connectivity index (χ2n) is 5.30. The maximum absolute atomic E-state index is 12.0. The lowest BCUT2D eigenvalue weighted by Crippen LogP contribution is -2.36. The van der Waals surface area contributed by atoms with Gasteiger partial charge < -0.3 is 9.47 Å². The van der Waals surface area contributed by atoms with Crippen LogP contribution in [0.15, 0.2) is 0 Å². The van der Waals surface area contributed by atoms with E-state index in [2.05, 4.69) is 6.92 Å². The number of ether oxygens (including phenoxy) is 2. The fourth-order valence-corrected chi connectivity index (χ4v) is 3.02. The molecular weight excluding hydrogens is 260 g/mol. The Hall–Kier alpha value is -1.39. The van der Waals surface area contributed by atoms with E-state index in [0.717, 1.165) is 25.7 Å². The lowest BCUT2D eigenvalue weighted by Gasteiger charge is -2.24. The first-order valence-electron chi connectivity index (χ1n) is 7.25. The van der Waals surface area contributed by atoms with Gasteiger partial charge in [-0.2, -0.15) is 0 Å². The summed E-state index contributed by atoms with van der Waals surface area (Å²) < 4.78 is 9.41. The van der Waals surface area contributed by atoms with Gasteiger partial charge in [0.15, 0.2) is 5.92 Å². The van der Waals surface area contributed by atoms with E-state index in [4.69, 9.17) is 9.47 Å². The Morgan fingerprint density at radius 3 is 2.30 bits per heavy atom. The van der Waals surface area contributed by atoms with E-state index in [-0.39, 0.29) is 17.6 Å². The fourth-order valence-electron chi connectivity index (χ4n) is 3.02. The Bertz CT molecular complexity index is 347. The molecule has 0 aromatic carbocycles. The number of carbonyl (C=O) groups excluding carboxylic acids is 3. The van der Waals surface area contributed by atoms with Crippen molar-refractivity contribution in [3.63, 3.8) is 0 Å². The standard InChI is InChI=1S/C15H24O5/c1-4-5-6-7-10-11(8-9-12(10)16)13(14(17)19-2)15(18)20-3/h10-11,13H,4-9H2,1-3H3/t10-,11+/m0/s1. The van der Waals surface area contributed by atoms with Crippen LogP contribution in [0.1, 0.15) is 45.4 Å². The van der Waals surface area contributed by atoms with Gasteiger partial charge in [0.1, 0.15) is 5.78 Å². The highest BCUT2D eigenvalue weighted by atomic mass is 16.5. The maximum Gasteiger partial charge on any atom is 0.320 e. The molecular formula is C15H24O5. The van der Waals surface area contributed by atoms with Crippen LogP contribution >= 0.6 is 0 Å². The lowest BCUT2D eigenvalue weighted by molar-refractivity contribution is -0.162. The number of carbonyl (C=O) groups is 3. The summed E-state index contributed by atoms with van der Waals surface area (Å²) in [6.07, 6.45) is 4.80. The van der Waals surface area contributed by atoms with Crippen molar-refractivity contribution in [2.45, 2.75) is 45.4 Å². The summed E-state index contributed by atoms with van der Waals surface area (Å²) in [6.45, 7) is 2.10. The largest absolute Gasteiger partial charge is 0.468 e. The van der Waals surface area contributed by atoms with Crippen molar-refractivity contribution in [2.24, 2.45) is 17.8 Å². The molecule has 0 radical (unpaired) electrons. The van der Waals surface area contributed by atoms with Gasteiger partial charge in [0.05, 0.1) is 14.2 Å². The van der Waals surface area contributed by atoms with E-state index in [1.165, 1.54) is 14.2 Å². The van der Waals surface area contributed by atoms with E-state index in [1.54, 1.807) is 0 Å². The minimum Gasteiger partial charge on any atom is -0.468 e. The summed E-state index contributed by atoms with van der Waals surface area (Å²) in [6, 6.07) is 0. The number of rotatable bonds is 7. The molecule has 0 aromatic heterocycles. The van der Waals surface area contributed by atoms with E-state index in [9.17, 15) is 14.4 Å². The third-order valence-corrected chi connectivity index (χ3v) is 4.11. The van der Waals surface area contributed by atoms with E-state index in [1.807, 2.05) is 0 Å². The zero-order chi connectivity index (χ0) is 15.1. The van der Waals surface area contributed by atoms with E-state index >= 15 is 0 Å². The number of ketones is 1.